The first-order chi connectivity index (χ1) is 8.54. The molecule has 8 heteroatoms. The Labute approximate surface area is 104 Å². The monoisotopic (exact) mass is 257 g/mol. The molecule has 0 saturated heterocycles. The zero-order valence-electron chi connectivity index (χ0n) is 9.98. The van der Waals surface area contributed by atoms with Gasteiger partial charge in [0.25, 0.3) is 0 Å². The van der Waals surface area contributed by atoms with Gasteiger partial charge in [-0.05, 0) is 6.42 Å². The Kier molecular flexibility index (Phi) is 5.25. The fourth-order valence-corrected chi connectivity index (χ4v) is 1.11. The van der Waals surface area contributed by atoms with Gasteiger partial charge in [-0.2, -0.15) is 4.98 Å². The molecule has 0 aliphatic carbocycles. The minimum atomic E-state index is -1.40. The molecule has 0 saturated carbocycles. The highest BCUT2D eigenvalue weighted by Crippen LogP contribution is 2.11. The smallest absolute Gasteiger partial charge is 0.248 e. The average Bonchev–Trinajstić information content (AvgIpc) is 2.35. The van der Waals surface area contributed by atoms with Crippen LogP contribution in [0.5, 0.6) is 0 Å². The first-order valence-corrected chi connectivity index (χ1v) is 5.52. The van der Waals surface area contributed by atoms with E-state index < -0.39 is 17.8 Å². The number of anilines is 2. The first kappa shape index (κ1) is 14.1. The summed E-state index contributed by atoms with van der Waals surface area (Å²) in [6.45, 7) is 2.42. The van der Waals surface area contributed by atoms with Crippen LogP contribution in [-0.4, -0.2) is 40.2 Å². The van der Waals surface area contributed by atoms with E-state index in [4.69, 9.17) is 5.73 Å². The molecule has 5 N–H and O–H groups in total. The Hall–Kier alpha value is -1.96. The summed E-state index contributed by atoms with van der Waals surface area (Å²) in [5, 5.41) is 14.6. The Bertz CT molecular complexity index is 415. The maximum atomic E-state index is 13.3. The predicted octanol–water partition coefficient (Wildman–Crippen LogP) is -0.304. The normalized spacial score (nSPS) is 11.9. The minimum Gasteiger partial charge on any atom is -0.381 e. The zero-order chi connectivity index (χ0) is 13.5. The highest BCUT2D eigenvalue weighted by atomic mass is 19.1. The number of carbonyl (C=O) groups excluding carboxylic acids is 1. The predicted molar refractivity (Wildman–Crippen MR) is 64.5 cm³/mol. The lowest BCUT2D eigenvalue weighted by atomic mass is 10.3. The molecule has 0 aromatic carbocycles. The summed E-state index contributed by atoms with van der Waals surface area (Å²) >= 11 is 0. The molecule has 100 valence electrons. The van der Waals surface area contributed by atoms with Crippen LogP contribution in [0.15, 0.2) is 6.20 Å². The summed E-state index contributed by atoms with van der Waals surface area (Å²) in [5.41, 5.74) is 4.87. The summed E-state index contributed by atoms with van der Waals surface area (Å²) in [7, 11) is 0. The summed E-state index contributed by atoms with van der Waals surface area (Å²) in [6, 6.07) is 0. The van der Waals surface area contributed by atoms with Gasteiger partial charge >= 0.3 is 0 Å². The van der Waals surface area contributed by atoms with Crippen molar-refractivity contribution in [1.82, 2.24) is 9.97 Å². The van der Waals surface area contributed by atoms with Crippen molar-refractivity contribution in [3.05, 3.63) is 12.0 Å². The quantitative estimate of drug-likeness (QED) is 0.533. The Morgan fingerprint density at radius 2 is 2.33 bits per heavy atom. The molecule has 1 heterocycles. The lowest BCUT2D eigenvalue weighted by molar-refractivity contribution is -0.125. The highest BCUT2D eigenvalue weighted by molar-refractivity contribution is 5.79. The number of nitrogens with one attached hydrogen (secondary N) is 2. The molecule has 1 aromatic heterocycles. The minimum absolute atomic E-state index is 0.0936. The number of nitrogens with zero attached hydrogens (tertiary/aromatic N) is 2. The third kappa shape index (κ3) is 4.13. The van der Waals surface area contributed by atoms with Crippen LogP contribution in [0, 0.1) is 5.82 Å². The zero-order valence-corrected chi connectivity index (χ0v) is 9.98. The average molecular weight is 257 g/mol. The topological polar surface area (TPSA) is 113 Å². The van der Waals surface area contributed by atoms with Crippen LogP contribution in [0.25, 0.3) is 0 Å². The van der Waals surface area contributed by atoms with E-state index in [2.05, 4.69) is 20.6 Å². The molecule has 0 aliphatic rings. The van der Waals surface area contributed by atoms with Gasteiger partial charge < -0.3 is 21.5 Å². The van der Waals surface area contributed by atoms with Gasteiger partial charge in [0, 0.05) is 6.54 Å². The van der Waals surface area contributed by atoms with Crippen LogP contribution in [0.1, 0.15) is 13.3 Å². The van der Waals surface area contributed by atoms with Gasteiger partial charge in [-0.3, -0.25) is 4.79 Å². The maximum absolute atomic E-state index is 13.3. The molecular formula is C10H16FN5O2. The summed E-state index contributed by atoms with van der Waals surface area (Å²) in [4.78, 5) is 18.2. The van der Waals surface area contributed by atoms with Gasteiger partial charge in [-0.25, -0.2) is 9.37 Å². The van der Waals surface area contributed by atoms with E-state index in [-0.39, 0.29) is 18.3 Å². The van der Waals surface area contributed by atoms with E-state index in [1.54, 1.807) is 0 Å². The Morgan fingerprint density at radius 3 is 2.94 bits per heavy atom. The molecule has 0 aliphatic heterocycles. The molecule has 0 bridgehead atoms. The van der Waals surface area contributed by atoms with Crippen molar-refractivity contribution >= 4 is 17.7 Å². The lowest BCUT2D eigenvalue weighted by Gasteiger charge is -2.10. The number of aliphatic hydroxyl groups is 1. The molecule has 1 aromatic rings. The highest BCUT2D eigenvalue weighted by Gasteiger charge is 2.13. The van der Waals surface area contributed by atoms with E-state index >= 15 is 0 Å². The number of rotatable bonds is 7. The van der Waals surface area contributed by atoms with Crippen LogP contribution >= 0.6 is 0 Å². The number of aliphatic hydroxyl groups excluding tert-OH is 1. The molecule has 1 rings (SSSR count). The molecule has 18 heavy (non-hydrogen) atoms. The van der Waals surface area contributed by atoms with Crippen LogP contribution in [0.4, 0.5) is 16.2 Å². The van der Waals surface area contributed by atoms with Crippen LogP contribution in [0.3, 0.4) is 0 Å². The van der Waals surface area contributed by atoms with Gasteiger partial charge in [0.2, 0.25) is 11.9 Å². The lowest BCUT2D eigenvalue weighted by Crippen LogP contribution is -2.34. The number of halogens is 1. The number of hydrogen-bond donors (Lipinski definition) is 4. The number of carbonyl (C=O) groups is 1. The van der Waals surface area contributed by atoms with Gasteiger partial charge in [0.05, 0.1) is 12.7 Å². The van der Waals surface area contributed by atoms with Crippen molar-refractivity contribution in [3.8, 4) is 0 Å². The second kappa shape index (κ2) is 6.70. The number of primary amides is 1. The SMILES string of the molecule is CCCNc1ncc(F)c(NCC(O)C(N)=O)n1. The number of hydrogen-bond acceptors (Lipinski definition) is 6. The van der Waals surface area contributed by atoms with Gasteiger partial charge in [-0.15, -0.1) is 0 Å². The fourth-order valence-electron chi connectivity index (χ4n) is 1.11. The number of amides is 1. The Balaban J connectivity index is 2.66. The molecule has 1 amide bonds. The third-order valence-electron chi connectivity index (χ3n) is 2.07. The molecule has 0 fully saturated rings. The van der Waals surface area contributed by atoms with E-state index in [0.29, 0.717) is 6.54 Å². The molecule has 1 unspecified atom stereocenters. The number of aromatic nitrogens is 2. The summed E-state index contributed by atoms with van der Waals surface area (Å²) < 4.78 is 13.3. The van der Waals surface area contributed by atoms with Gasteiger partial charge in [-0.1, -0.05) is 6.92 Å². The van der Waals surface area contributed by atoms with E-state index in [9.17, 15) is 14.3 Å². The van der Waals surface area contributed by atoms with Crippen LogP contribution < -0.4 is 16.4 Å². The standard InChI is InChI=1S/C10H16FN5O2/c1-2-3-13-10-15-4-6(11)9(16-10)14-5-7(17)8(12)18/h4,7,17H,2-3,5H2,1H3,(H2,12,18)(H2,13,14,15,16). The van der Waals surface area contributed by atoms with E-state index in [0.717, 1.165) is 12.6 Å². The van der Waals surface area contributed by atoms with Crippen LogP contribution in [0.2, 0.25) is 0 Å². The van der Waals surface area contributed by atoms with Crippen molar-refractivity contribution in [1.29, 1.82) is 0 Å². The molecule has 1 atom stereocenters. The molecular weight excluding hydrogens is 241 g/mol. The largest absolute Gasteiger partial charge is 0.381 e. The number of nitrogens with two attached hydrogens (primary N) is 1. The summed E-state index contributed by atoms with van der Waals surface area (Å²) in [5.74, 6) is -1.38. The first-order valence-electron chi connectivity index (χ1n) is 5.52. The molecule has 7 nitrogen and oxygen atoms in total. The van der Waals surface area contributed by atoms with E-state index in [1.165, 1.54) is 0 Å². The second-order valence-electron chi connectivity index (χ2n) is 3.62. The maximum Gasteiger partial charge on any atom is 0.248 e. The van der Waals surface area contributed by atoms with Crippen molar-refractivity contribution in [2.75, 3.05) is 23.7 Å². The van der Waals surface area contributed by atoms with Crippen molar-refractivity contribution in [3.63, 3.8) is 0 Å². The second-order valence-corrected chi connectivity index (χ2v) is 3.62. The van der Waals surface area contributed by atoms with E-state index in [1.807, 2.05) is 6.92 Å². The fraction of sp³-hybridized carbons (Fsp3) is 0.500. The Morgan fingerprint density at radius 1 is 1.61 bits per heavy atom. The summed E-state index contributed by atoms with van der Waals surface area (Å²) in [6.07, 6.45) is 0.486. The third-order valence-corrected chi connectivity index (χ3v) is 2.07. The van der Waals surface area contributed by atoms with Crippen molar-refractivity contribution < 1.29 is 14.3 Å². The van der Waals surface area contributed by atoms with Crippen molar-refractivity contribution in [2.45, 2.75) is 19.4 Å². The van der Waals surface area contributed by atoms with Crippen LogP contribution in [-0.2, 0) is 4.79 Å². The van der Waals surface area contributed by atoms with Gasteiger partial charge in [0.1, 0.15) is 6.10 Å². The van der Waals surface area contributed by atoms with Crippen molar-refractivity contribution in [2.24, 2.45) is 5.73 Å². The van der Waals surface area contributed by atoms with Gasteiger partial charge in [0.15, 0.2) is 11.6 Å². The molecule has 0 radical (unpaired) electrons. The molecule has 0 spiro atoms.